The van der Waals surface area contributed by atoms with Gasteiger partial charge in [0.25, 0.3) is 5.91 Å². The van der Waals surface area contributed by atoms with Gasteiger partial charge in [-0.3, -0.25) is 4.79 Å². The molecule has 0 N–H and O–H groups in total. The van der Waals surface area contributed by atoms with Crippen molar-refractivity contribution in [1.82, 2.24) is 9.21 Å². The topological polar surface area (TPSA) is 57.7 Å². The van der Waals surface area contributed by atoms with Crippen molar-refractivity contribution < 1.29 is 26.4 Å². The third-order valence-electron chi connectivity index (χ3n) is 5.92. The highest BCUT2D eigenvalue weighted by Crippen LogP contribution is 2.30. The minimum atomic E-state index is -4.53. The maximum atomic E-state index is 13.1. The Bertz CT molecular complexity index is 1090. The summed E-state index contributed by atoms with van der Waals surface area (Å²) in [5.41, 5.74) is 1.33. The minimum Gasteiger partial charge on any atom is -0.336 e. The molecule has 2 aromatic rings. The molecule has 166 valence electrons. The Kier molecular flexibility index (Phi) is 5.83. The van der Waals surface area contributed by atoms with Crippen LogP contribution in [0.4, 0.5) is 13.2 Å². The number of fused-ring (bicyclic) bond motifs is 1. The molecule has 1 aliphatic carbocycles. The lowest BCUT2D eigenvalue weighted by Crippen LogP contribution is -2.50. The number of piperazine rings is 1. The summed E-state index contributed by atoms with van der Waals surface area (Å²) in [6.45, 7) is 0.451. The number of benzene rings is 2. The molecule has 1 fully saturated rings. The molecule has 1 amide bonds. The van der Waals surface area contributed by atoms with Gasteiger partial charge in [0.15, 0.2) is 0 Å². The maximum Gasteiger partial charge on any atom is 0.416 e. The summed E-state index contributed by atoms with van der Waals surface area (Å²) in [5.74, 6) is -0.531. The van der Waals surface area contributed by atoms with Crippen LogP contribution < -0.4 is 0 Å². The Balaban J connectivity index is 1.45. The largest absolute Gasteiger partial charge is 0.416 e. The first-order valence-corrected chi connectivity index (χ1v) is 11.7. The second-order valence-electron chi connectivity index (χ2n) is 7.91. The van der Waals surface area contributed by atoms with Gasteiger partial charge in [0.2, 0.25) is 10.0 Å². The highest BCUT2D eigenvalue weighted by molar-refractivity contribution is 7.89. The normalized spacial score (nSPS) is 18.0. The van der Waals surface area contributed by atoms with Crippen LogP contribution >= 0.6 is 0 Å². The molecule has 9 heteroatoms. The molecular weight excluding hydrogens is 429 g/mol. The Morgan fingerprint density at radius 2 is 1.55 bits per heavy atom. The molecular formula is C22H23F3N2O3S. The number of sulfonamides is 1. The summed E-state index contributed by atoms with van der Waals surface area (Å²) in [7, 11) is -3.69. The van der Waals surface area contributed by atoms with E-state index in [9.17, 15) is 26.4 Å². The molecule has 0 atom stereocenters. The van der Waals surface area contributed by atoms with Crippen LogP contribution in [0, 0.1) is 0 Å². The van der Waals surface area contributed by atoms with E-state index in [-0.39, 0.29) is 36.6 Å². The Hall–Kier alpha value is -2.39. The molecule has 4 rings (SSSR count). The van der Waals surface area contributed by atoms with Crippen molar-refractivity contribution >= 4 is 15.9 Å². The Morgan fingerprint density at radius 3 is 2.23 bits per heavy atom. The zero-order valence-corrected chi connectivity index (χ0v) is 17.7. The van der Waals surface area contributed by atoms with Gasteiger partial charge in [-0.25, -0.2) is 8.42 Å². The van der Waals surface area contributed by atoms with E-state index in [2.05, 4.69) is 0 Å². The number of amides is 1. The summed E-state index contributed by atoms with van der Waals surface area (Å²) >= 11 is 0. The average molecular weight is 452 g/mol. The minimum absolute atomic E-state index is 0.0548. The van der Waals surface area contributed by atoms with Gasteiger partial charge in [0.1, 0.15) is 0 Å². The van der Waals surface area contributed by atoms with Crippen LogP contribution in [-0.2, 0) is 29.0 Å². The zero-order valence-electron chi connectivity index (χ0n) is 16.9. The van der Waals surface area contributed by atoms with Gasteiger partial charge in [-0.2, -0.15) is 17.5 Å². The van der Waals surface area contributed by atoms with E-state index in [0.29, 0.717) is 0 Å². The van der Waals surface area contributed by atoms with Crippen LogP contribution in [0.3, 0.4) is 0 Å². The fourth-order valence-corrected chi connectivity index (χ4v) is 5.64. The molecule has 0 saturated carbocycles. The predicted molar refractivity (Wildman–Crippen MR) is 109 cm³/mol. The Labute approximate surface area is 179 Å². The number of rotatable bonds is 3. The fourth-order valence-electron chi connectivity index (χ4n) is 4.16. The average Bonchev–Trinajstić information content (AvgIpc) is 2.78. The summed E-state index contributed by atoms with van der Waals surface area (Å²) in [6.07, 6.45) is -0.532. The molecule has 0 radical (unpaired) electrons. The first-order chi connectivity index (χ1) is 14.7. The molecule has 0 bridgehead atoms. The van der Waals surface area contributed by atoms with Crippen molar-refractivity contribution in [3.05, 3.63) is 64.7 Å². The number of carbonyl (C=O) groups excluding carboxylic acids is 1. The van der Waals surface area contributed by atoms with Gasteiger partial charge in [0, 0.05) is 31.7 Å². The molecule has 0 unspecified atom stereocenters. The monoisotopic (exact) mass is 452 g/mol. The van der Waals surface area contributed by atoms with Crippen molar-refractivity contribution in [1.29, 1.82) is 0 Å². The van der Waals surface area contributed by atoms with E-state index >= 15 is 0 Å². The van der Waals surface area contributed by atoms with Crippen molar-refractivity contribution in [2.24, 2.45) is 0 Å². The Morgan fingerprint density at radius 1 is 0.871 bits per heavy atom. The van der Waals surface area contributed by atoms with Crippen molar-refractivity contribution in [3.63, 3.8) is 0 Å². The number of carbonyl (C=O) groups is 1. The third-order valence-corrected chi connectivity index (χ3v) is 7.82. The first-order valence-electron chi connectivity index (χ1n) is 10.2. The molecule has 0 aromatic heterocycles. The quantitative estimate of drug-likeness (QED) is 0.713. The molecule has 1 saturated heterocycles. The van der Waals surface area contributed by atoms with Gasteiger partial charge in [-0.15, -0.1) is 0 Å². The van der Waals surface area contributed by atoms with Crippen LogP contribution in [0.1, 0.15) is 39.9 Å². The number of nitrogens with zero attached hydrogens (tertiary/aromatic N) is 2. The van der Waals surface area contributed by atoms with E-state index in [1.54, 1.807) is 12.1 Å². The summed E-state index contributed by atoms with van der Waals surface area (Å²) in [6, 6.07) is 9.57. The number of halogens is 3. The van der Waals surface area contributed by atoms with Gasteiger partial charge in [-0.05, 0) is 67.1 Å². The standard InChI is InChI=1S/C22H23F3N2O3S/c23-22(24,25)19-7-3-6-18(14-19)21(28)26-10-12-27(13-11-26)31(29,30)20-9-8-16-4-1-2-5-17(16)15-20/h3,6-9,14-15H,1-2,4-5,10-13H2. The number of aryl methyl sites for hydroxylation is 2. The lowest BCUT2D eigenvalue weighted by molar-refractivity contribution is -0.137. The van der Waals surface area contributed by atoms with Gasteiger partial charge >= 0.3 is 6.18 Å². The predicted octanol–water partition coefficient (Wildman–Crippen LogP) is 3.73. The smallest absolute Gasteiger partial charge is 0.336 e. The van der Waals surface area contributed by atoms with Crippen LogP contribution in [0.2, 0.25) is 0 Å². The van der Waals surface area contributed by atoms with Crippen LogP contribution in [0.25, 0.3) is 0 Å². The highest BCUT2D eigenvalue weighted by Gasteiger charge is 2.33. The number of hydrogen-bond acceptors (Lipinski definition) is 3. The molecule has 1 aliphatic heterocycles. The van der Waals surface area contributed by atoms with E-state index in [4.69, 9.17) is 0 Å². The number of hydrogen-bond donors (Lipinski definition) is 0. The second-order valence-corrected chi connectivity index (χ2v) is 9.85. The highest BCUT2D eigenvalue weighted by atomic mass is 32.2. The molecule has 0 spiro atoms. The first kappa shape index (κ1) is 21.8. The molecule has 1 heterocycles. The SMILES string of the molecule is O=C(c1cccc(C(F)(F)F)c1)N1CCN(S(=O)(=O)c2ccc3c(c2)CCCC3)CC1. The fraction of sp³-hybridized carbons (Fsp3) is 0.409. The summed E-state index contributed by atoms with van der Waals surface area (Å²) < 4.78 is 66.3. The van der Waals surface area contributed by atoms with Crippen molar-refractivity contribution in [3.8, 4) is 0 Å². The molecule has 2 aliphatic rings. The summed E-state index contributed by atoms with van der Waals surface area (Å²) in [4.78, 5) is 14.3. The van der Waals surface area contributed by atoms with Crippen molar-refractivity contribution in [2.75, 3.05) is 26.2 Å². The van der Waals surface area contributed by atoms with Crippen LogP contribution in [0.15, 0.2) is 47.4 Å². The van der Waals surface area contributed by atoms with Crippen molar-refractivity contribution in [2.45, 2.75) is 36.8 Å². The lowest BCUT2D eigenvalue weighted by atomic mass is 9.92. The van der Waals surface area contributed by atoms with E-state index in [1.807, 2.05) is 6.07 Å². The van der Waals surface area contributed by atoms with Gasteiger partial charge in [0.05, 0.1) is 10.5 Å². The van der Waals surface area contributed by atoms with E-state index in [1.165, 1.54) is 26.9 Å². The second kappa shape index (κ2) is 8.27. The number of alkyl halides is 3. The summed E-state index contributed by atoms with van der Waals surface area (Å²) in [5, 5.41) is 0. The van der Waals surface area contributed by atoms with Crippen LogP contribution in [-0.4, -0.2) is 49.7 Å². The molecule has 5 nitrogen and oxygen atoms in total. The molecule has 31 heavy (non-hydrogen) atoms. The molecule has 2 aromatic carbocycles. The van der Waals surface area contributed by atoms with Gasteiger partial charge in [-0.1, -0.05) is 12.1 Å². The van der Waals surface area contributed by atoms with E-state index < -0.39 is 27.7 Å². The van der Waals surface area contributed by atoms with E-state index in [0.717, 1.165) is 43.4 Å². The van der Waals surface area contributed by atoms with Gasteiger partial charge < -0.3 is 4.90 Å². The lowest BCUT2D eigenvalue weighted by Gasteiger charge is -2.34. The maximum absolute atomic E-state index is 13.1. The third kappa shape index (κ3) is 4.48. The van der Waals surface area contributed by atoms with Crippen LogP contribution in [0.5, 0.6) is 0 Å². The zero-order chi connectivity index (χ0) is 22.2.